The Morgan fingerprint density at radius 3 is 2.55 bits per heavy atom. The highest BCUT2D eigenvalue weighted by molar-refractivity contribution is 5.54. The lowest BCUT2D eigenvalue weighted by Gasteiger charge is -2.07. The van der Waals surface area contributed by atoms with E-state index in [-0.39, 0.29) is 0 Å². The number of rotatable bonds is 2. The van der Waals surface area contributed by atoms with E-state index in [2.05, 4.69) is 4.98 Å². The molecular formula is C7H10N2O2. The minimum atomic E-state index is 0.340. The number of nitrogens with zero attached hydrogens (tertiary/aromatic N) is 1. The highest BCUT2D eigenvalue weighted by Crippen LogP contribution is 2.30. The van der Waals surface area contributed by atoms with Crippen molar-refractivity contribution in [3.05, 3.63) is 12.3 Å². The molecule has 0 aliphatic rings. The fraction of sp³-hybridized carbons (Fsp3) is 0.286. The van der Waals surface area contributed by atoms with Crippen LogP contribution in [0.5, 0.6) is 11.5 Å². The molecule has 0 aliphatic carbocycles. The minimum absolute atomic E-state index is 0.340. The number of hydrogen-bond donors (Lipinski definition) is 1. The smallest absolute Gasteiger partial charge is 0.203 e. The van der Waals surface area contributed by atoms with Crippen LogP contribution in [0.1, 0.15) is 0 Å². The molecule has 0 saturated carbocycles. The van der Waals surface area contributed by atoms with Crippen molar-refractivity contribution in [1.29, 1.82) is 0 Å². The maximum Gasteiger partial charge on any atom is 0.203 e. The molecule has 1 rings (SSSR count). The van der Waals surface area contributed by atoms with Crippen molar-refractivity contribution in [1.82, 2.24) is 4.98 Å². The van der Waals surface area contributed by atoms with E-state index < -0.39 is 0 Å². The molecule has 1 heterocycles. The van der Waals surface area contributed by atoms with Gasteiger partial charge in [-0.1, -0.05) is 0 Å². The maximum atomic E-state index is 5.49. The summed E-state index contributed by atoms with van der Waals surface area (Å²) in [6.07, 6.45) is 1.57. The number of ether oxygens (including phenoxy) is 2. The standard InChI is InChI=1S/C7H10N2O2/c1-10-5-3-4-9-7(8)6(5)11-2/h3-4H,1-2H3,(H2,8,9). The fourth-order valence-electron chi connectivity index (χ4n) is 0.812. The second kappa shape index (κ2) is 3.09. The van der Waals surface area contributed by atoms with E-state index in [1.165, 1.54) is 7.11 Å². The van der Waals surface area contributed by atoms with Gasteiger partial charge >= 0.3 is 0 Å². The molecule has 1 aromatic rings. The van der Waals surface area contributed by atoms with Crippen LogP contribution in [0.4, 0.5) is 5.82 Å². The fourth-order valence-corrected chi connectivity index (χ4v) is 0.812. The highest BCUT2D eigenvalue weighted by atomic mass is 16.5. The van der Waals surface area contributed by atoms with Crippen molar-refractivity contribution < 1.29 is 9.47 Å². The Kier molecular flexibility index (Phi) is 2.15. The third kappa shape index (κ3) is 1.34. The van der Waals surface area contributed by atoms with Gasteiger partial charge in [-0.15, -0.1) is 0 Å². The molecule has 2 N–H and O–H groups in total. The molecule has 0 unspecified atom stereocenters. The van der Waals surface area contributed by atoms with E-state index in [9.17, 15) is 0 Å². The van der Waals surface area contributed by atoms with Gasteiger partial charge in [-0.05, 0) is 0 Å². The molecule has 0 aromatic carbocycles. The van der Waals surface area contributed by atoms with Crippen molar-refractivity contribution in [3.63, 3.8) is 0 Å². The first-order valence-electron chi connectivity index (χ1n) is 3.12. The largest absolute Gasteiger partial charge is 0.493 e. The van der Waals surface area contributed by atoms with E-state index in [4.69, 9.17) is 15.2 Å². The average Bonchev–Trinajstić information content (AvgIpc) is 2.04. The van der Waals surface area contributed by atoms with Crippen molar-refractivity contribution >= 4 is 5.82 Å². The van der Waals surface area contributed by atoms with Gasteiger partial charge in [0.25, 0.3) is 0 Å². The summed E-state index contributed by atoms with van der Waals surface area (Å²) in [7, 11) is 3.08. The molecule has 0 amide bonds. The summed E-state index contributed by atoms with van der Waals surface area (Å²) in [5, 5.41) is 0. The lowest BCUT2D eigenvalue weighted by atomic mass is 10.4. The van der Waals surface area contributed by atoms with Gasteiger partial charge < -0.3 is 15.2 Å². The number of hydrogen-bond acceptors (Lipinski definition) is 4. The summed E-state index contributed by atoms with van der Waals surface area (Å²) in [6.45, 7) is 0. The predicted molar refractivity (Wildman–Crippen MR) is 41.8 cm³/mol. The molecule has 4 nitrogen and oxygen atoms in total. The maximum absolute atomic E-state index is 5.49. The molecule has 0 aliphatic heterocycles. The van der Waals surface area contributed by atoms with Gasteiger partial charge in [-0.2, -0.15) is 0 Å². The van der Waals surface area contributed by atoms with E-state index in [1.54, 1.807) is 19.4 Å². The number of anilines is 1. The number of pyridine rings is 1. The quantitative estimate of drug-likeness (QED) is 0.680. The van der Waals surface area contributed by atoms with Crippen LogP contribution in [0.3, 0.4) is 0 Å². The second-order valence-electron chi connectivity index (χ2n) is 1.93. The molecule has 4 heteroatoms. The molecule has 60 valence electrons. The minimum Gasteiger partial charge on any atom is -0.493 e. The third-order valence-electron chi connectivity index (χ3n) is 1.32. The first kappa shape index (κ1) is 7.65. The van der Waals surface area contributed by atoms with Crippen LogP contribution >= 0.6 is 0 Å². The van der Waals surface area contributed by atoms with Crippen LogP contribution in [-0.2, 0) is 0 Å². The molecular weight excluding hydrogens is 144 g/mol. The molecule has 0 fully saturated rings. The summed E-state index contributed by atoms with van der Waals surface area (Å²) in [6, 6.07) is 1.69. The monoisotopic (exact) mass is 154 g/mol. The number of methoxy groups -OCH3 is 2. The summed E-state index contributed by atoms with van der Waals surface area (Å²) in [5.41, 5.74) is 5.49. The molecule has 0 bridgehead atoms. The normalized spacial score (nSPS) is 9.27. The SMILES string of the molecule is COc1ccnc(N)c1OC. The Balaban J connectivity index is 3.13. The first-order valence-corrected chi connectivity index (χ1v) is 3.12. The van der Waals surface area contributed by atoms with Crippen LogP contribution in [-0.4, -0.2) is 19.2 Å². The first-order chi connectivity index (χ1) is 5.29. The van der Waals surface area contributed by atoms with Gasteiger partial charge in [0.05, 0.1) is 14.2 Å². The summed E-state index contributed by atoms with van der Waals surface area (Å²) in [5.74, 6) is 1.42. The number of aromatic nitrogens is 1. The van der Waals surface area contributed by atoms with E-state index in [0.717, 1.165) is 0 Å². The third-order valence-corrected chi connectivity index (χ3v) is 1.32. The molecule has 0 radical (unpaired) electrons. The van der Waals surface area contributed by atoms with Gasteiger partial charge in [0.15, 0.2) is 11.6 Å². The summed E-state index contributed by atoms with van der Waals surface area (Å²) in [4.78, 5) is 3.83. The number of nitrogen functional groups attached to an aromatic ring is 1. The van der Waals surface area contributed by atoms with Gasteiger partial charge in [0, 0.05) is 12.3 Å². The predicted octanol–water partition coefficient (Wildman–Crippen LogP) is 0.681. The van der Waals surface area contributed by atoms with Crippen LogP contribution in [0, 0.1) is 0 Å². The Bertz CT molecular complexity index is 250. The lowest BCUT2D eigenvalue weighted by Crippen LogP contribution is -1.97. The zero-order valence-electron chi connectivity index (χ0n) is 6.50. The van der Waals surface area contributed by atoms with Gasteiger partial charge in [-0.25, -0.2) is 4.98 Å². The molecule has 1 aromatic heterocycles. The second-order valence-corrected chi connectivity index (χ2v) is 1.93. The van der Waals surface area contributed by atoms with Crippen LogP contribution in [0.25, 0.3) is 0 Å². The Morgan fingerprint density at radius 1 is 1.36 bits per heavy atom. The van der Waals surface area contributed by atoms with Crippen molar-refractivity contribution in [2.45, 2.75) is 0 Å². The molecule has 11 heavy (non-hydrogen) atoms. The Hall–Kier alpha value is -1.45. The summed E-state index contributed by atoms with van der Waals surface area (Å²) >= 11 is 0. The van der Waals surface area contributed by atoms with Crippen molar-refractivity contribution in [2.75, 3.05) is 20.0 Å². The van der Waals surface area contributed by atoms with Gasteiger partial charge in [0.1, 0.15) is 0 Å². The van der Waals surface area contributed by atoms with Gasteiger partial charge in [-0.3, -0.25) is 0 Å². The number of nitrogens with two attached hydrogens (primary N) is 1. The van der Waals surface area contributed by atoms with E-state index in [0.29, 0.717) is 17.3 Å². The van der Waals surface area contributed by atoms with E-state index in [1.807, 2.05) is 0 Å². The molecule has 0 atom stereocenters. The van der Waals surface area contributed by atoms with Crippen molar-refractivity contribution in [3.8, 4) is 11.5 Å². The zero-order chi connectivity index (χ0) is 8.27. The topological polar surface area (TPSA) is 57.4 Å². The van der Waals surface area contributed by atoms with E-state index >= 15 is 0 Å². The lowest BCUT2D eigenvalue weighted by molar-refractivity contribution is 0.355. The zero-order valence-corrected chi connectivity index (χ0v) is 6.50. The highest BCUT2D eigenvalue weighted by Gasteiger charge is 2.06. The Labute approximate surface area is 64.9 Å². The summed E-state index contributed by atoms with van der Waals surface area (Å²) < 4.78 is 9.93. The van der Waals surface area contributed by atoms with Gasteiger partial charge in [0.2, 0.25) is 5.75 Å². The van der Waals surface area contributed by atoms with Crippen LogP contribution in [0.2, 0.25) is 0 Å². The molecule has 0 saturated heterocycles. The van der Waals surface area contributed by atoms with Crippen molar-refractivity contribution in [2.24, 2.45) is 0 Å². The average molecular weight is 154 g/mol. The van der Waals surface area contributed by atoms with Crippen LogP contribution < -0.4 is 15.2 Å². The van der Waals surface area contributed by atoms with Crippen LogP contribution in [0.15, 0.2) is 12.3 Å². The Morgan fingerprint density at radius 2 is 2.09 bits per heavy atom. The molecule has 0 spiro atoms.